The summed E-state index contributed by atoms with van der Waals surface area (Å²) in [4.78, 5) is 14.7. The van der Waals surface area contributed by atoms with Gasteiger partial charge >= 0.3 is 0 Å². The summed E-state index contributed by atoms with van der Waals surface area (Å²) in [5.41, 5.74) is 4.36. The molecule has 1 amide bonds. The van der Waals surface area contributed by atoms with Crippen LogP contribution in [0.15, 0.2) is 60.7 Å². The van der Waals surface area contributed by atoms with Crippen LogP contribution in [0.3, 0.4) is 0 Å². The molecule has 0 aromatic heterocycles. The third-order valence-corrected chi connectivity index (χ3v) is 4.84. The van der Waals surface area contributed by atoms with E-state index in [0.29, 0.717) is 5.69 Å². The first-order chi connectivity index (χ1) is 13.5. The van der Waals surface area contributed by atoms with Gasteiger partial charge in [0.25, 0.3) is 5.91 Å². The number of amides is 1. The third-order valence-electron chi connectivity index (χ3n) is 4.84. The van der Waals surface area contributed by atoms with Crippen LogP contribution in [0.4, 0.5) is 15.8 Å². The van der Waals surface area contributed by atoms with Crippen LogP contribution >= 0.6 is 0 Å². The number of hydrogen-bond donors (Lipinski definition) is 2. The number of ether oxygens (including phenoxy) is 1. The molecule has 0 unspecified atom stereocenters. The minimum Gasteiger partial charge on any atom is -0.502 e. The molecule has 0 atom stereocenters. The first kappa shape index (κ1) is 17.9. The van der Waals surface area contributed by atoms with Crippen LogP contribution in [-0.2, 0) is 13.1 Å². The van der Waals surface area contributed by atoms with E-state index >= 15 is 0 Å². The Hall–Kier alpha value is -3.54. The van der Waals surface area contributed by atoms with Gasteiger partial charge in [-0.1, -0.05) is 24.3 Å². The van der Waals surface area contributed by atoms with Gasteiger partial charge in [0.2, 0.25) is 0 Å². The van der Waals surface area contributed by atoms with E-state index in [1.54, 1.807) is 0 Å². The summed E-state index contributed by atoms with van der Waals surface area (Å²) in [6.45, 7) is 1.71. The molecule has 142 valence electrons. The molecular formula is C22H19FN2O3. The van der Waals surface area contributed by atoms with Crippen molar-refractivity contribution in [2.24, 2.45) is 0 Å². The fourth-order valence-corrected chi connectivity index (χ4v) is 3.34. The van der Waals surface area contributed by atoms with Crippen molar-refractivity contribution in [3.63, 3.8) is 0 Å². The molecule has 5 nitrogen and oxygen atoms in total. The number of benzene rings is 3. The van der Waals surface area contributed by atoms with Crippen LogP contribution in [0.2, 0.25) is 0 Å². The number of anilines is 2. The van der Waals surface area contributed by atoms with Crippen LogP contribution in [-0.4, -0.2) is 18.1 Å². The van der Waals surface area contributed by atoms with Gasteiger partial charge < -0.3 is 20.1 Å². The van der Waals surface area contributed by atoms with Crippen molar-refractivity contribution >= 4 is 17.3 Å². The number of hydrogen-bond acceptors (Lipinski definition) is 4. The van der Waals surface area contributed by atoms with Crippen LogP contribution in [0, 0.1) is 5.82 Å². The Balaban J connectivity index is 1.47. The molecule has 0 bridgehead atoms. The van der Waals surface area contributed by atoms with Crippen LogP contribution in [0.1, 0.15) is 21.5 Å². The molecule has 6 heteroatoms. The van der Waals surface area contributed by atoms with E-state index < -0.39 is 17.5 Å². The summed E-state index contributed by atoms with van der Waals surface area (Å²) in [5.74, 6) is -2.10. The highest BCUT2D eigenvalue weighted by molar-refractivity contribution is 6.04. The minimum atomic E-state index is -0.909. The average molecular weight is 378 g/mol. The predicted octanol–water partition coefficient (Wildman–Crippen LogP) is 4.31. The maximum atomic E-state index is 13.7. The van der Waals surface area contributed by atoms with Crippen LogP contribution < -0.4 is 15.0 Å². The van der Waals surface area contributed by atoms with E-state index in [1.807, 2.05) is 36.4 Å². The number of nitrogens with zero attached hydrogens (tertiary/aromatic N) is 1. The van der Waals surface area contributed by atoms with Crippen molar-refractivity contribution in [3.05, 3.63) is 83.2 Å². The Labute approximate surface area is 162 Å². The largest absolute Gasteiger partial charge is 0.502 e. The summed E-state index contributed by atoms with van der Waals surface area (Å²) in [6.07, 6.45) is 0. The van der Waals surface area contributed by atoms with Gasteiger partial charge in [0.1, 0.15) is 0 Å². The number of halogens is 1. The van der Waals surface area contributed by atoms with Gasteiger partial charge in [-0.15, -0.1) is 0 Å². The number of carbonyl (C=O) groups excluding carboxylic acids is 1. The van der Waals surface area contributed by atoms with Crippen LogP contribution in [0.5, 0.6) is 11.5 Å². The molecule has 1 heterocycles. The summed E-state index contributed by atoms with van der Waals surface area (Å²) in [5, 5.41) is 12.3. The number of methoxy groups -OCH3 is 1. The lowest BCUT2D eigenvalue weighted by Gasteiger charge is -2.18. The fraction of sp³-hybridized carbons (Fsp3) is 0.136. The maximum absolute atomic E-state index is 13.7. The van der Waals surface area contributed by atoms with Gasteiger partial charge in [-0.05, 0) is 47.5 Å². The van der Waals surface area contributed by atoms with Crippen molar-refractivity contribution in [3.8, 4) is 11.5 Å². The number of aromatic hydroxyl groups is 1. The molecule has 0 saturated carbocycles. The molecular weight excluding hydrogens is 359 g/mol. The zero-order valence-electron chi connectivity index (χ0n) is 15.3. The molecule has 4 rings (SSSR count). The van der Waals surface area contributed by atoms with Gasteiger partial charge in [0.15, 0.2) is 17.3 Å². The SMILES string of the molecule is COc1cc(C(=O)Nc2ccc(N3Cc4ccccc4C3)cc2)cc(F)c1O. The highest BCUT2D eigenvalue weighted by atomic mass is 19.1. The van der Waals surface area contributed by atoms with E-state index in [-0.39, 0.29) is 11.3 Å². The molecule has 1 aliphatic heterocycles. The fourth-order valence-electron chi connectivity index (χ4n) is 3.34. The molecule has 3 aromatic carbocycles. The maximum Gasteiger partial charge on any atom is 0.255 e. The standard InChI is InChI=1S/C22H19FN2O3/c1-28-20-11-16(10-19(23)21(20)26)22(27)24-17-6-8-18(9-7-17)25-12-14-4-2-3-5-15(14)13-25/h2-11,26H,12-13H2,1H3,(H,24,27). The second-order valence-corrected chi connectivity index (χ2v) is 6.63. The quantitative estimate of drug-likeness (QED) is 0.710. The average Bonchev–Trinajstić information content (AvgIpc) is 3.14. The first-order valence-electron chi connectivity index (χ1n) is 8.85. The van der Waals surface area contributed by atoms with Crippen molar-refractivity contribution in [1.29, 1.82) is 0 Å². The summed E-state index contributed by atoms with van der Waals surface area (Å²) in [7, 11) is 1.30. The third kappa shape index (κ3) is 3.36. The van der Waals surface area contributed by atoms with E-state index in [0.717, 1.165) is 24.8 Å². The van der Waals surface area contributed by atoms with Gasteiger partial charge in [-0.2, -0.15) is 0 Å². The molecule has 3 aromatic rings. The first-order valence-corrected chi connectivity index (χ1v) is 8.85. The second-order valence-electron chi connectivity index (χ2n) is 6.63. The number of phenolic OH excluding ortho intramolecular Hbond substituents is 1. The van der Waals surface area contributed by atoms with E-state index in [4.69, 9.17) is 4.74 Å². The Kier molecular flexibility index (Phi) is 4.61. The molecule has 0 aliphatic carbocycles. The highest BCUT2D eigenvalue weighted by Gasteiger charge is 2.19. The molecule has 0 spiro atoms. The van der Waals surface area contributed by atoms with Crippen molar-refractivity contribution in [2.75, 3.05) is 17.3 Å². The van der Waals surface area contributed by atoms with Crippen molar-refractivity contribution in [2.45, 2.75) is 13.1 Å². The lowest BCUT2D eigenvalue weighted by molar-refractivity contribution is 0.102. The number of carbonyl (C=O) groups is 1. The monoisotopic (exact) mass is 378 g/mol. The zero-order chi connectivity index (χ0) is 19.7. The zero-order valence-corrected chi connectivity index (χ0v) is 15.3. The smallest absolute Gasteiger partial charge is 0.255 e. The summed E-state index contributed by atoms with van der Waals surface area (Å²) in [6, 6.07) is 18.1. The van der Waals surface area contributed by atoms with Crippen molar-refractivity contribution < 1.29 is 19.0 Å². The Morgan fingerprint density at radius 1 is 1.07 bits per heavy atom. The Morgan fingerprint density at radius 3 is 2.32 bits per heavy atom. The Morgan fingerprint density at radius 2 is 1.71 bits per heavy atom. The summed E-state index contributed by atoms with van der Waals surface area (Å²) < 4.78 is 18.6. The molecule has 0 fully saturated rings. The lowest BCUT2D eigenvalue weighted by atomic mass is 10.1. The number of nitrogens with one attached hydrogen (secondary N) is 1. The van der Waals surface area contributed by atoms with Crippen molar-refractivity contribution in [1.82, 2.24) is 0 Å². The topological polar surface area (TPSA) is 61.8 Å². The molecule has 1 aliphatic rings. The highest BCUT2D eigenvalue weighted by Crippen LogP contribution is 2.31. The Bertz CT molecular complexity index is 1010. The number of phenols is 1. The second kappa shape index (κ2) is 7.23. The van der Waals surface area contributed by atoms with Gasteiger partial charge in [0, 0.05) is 30.0 Å². The molecule has 0 saturated heterocycles. The van der Waals surface area contributed by atoms with Gasteiger partial charge in [-0.3, -0.25) is 4.79 Å². The number of rotatable bonds is 4. The lowest BCUT2D eigenvalue weighted by Crippen LogP contribution is -2.15. The number of fused-ring (bicyclic) bond motifs is 1. The summed E-state index contributed by atoms with van der Waals surface area (Å²) >= 11 is 0. The van der Waals surface area contributed by atoms with E-state index in [2.05, 4.69) is 22.3 Å². The van der Waals surface area contributed by atoms with Crippen LogP contribution in [0.25, 0.3) is 0 Å². The minimum absolute atomic E-state index is 0.0613. The van der Waals surface area contributed by atoms with Gasteiger partial charge in [0.05, 0.1) is 7.11 Å². The normalized spacial score (nSPS) is 12.6. The predicted molar refractivity (Wildman–Crippen MR) is 105 cm³/mol. The molecule has 2 N–H and O–H groups in total. The van der Waals surface area contributed by atoms with E-state index in [1.165, 1.54) is 24.3 Å². The molecule has 0 radical (unpaired) electrons. The van der Waals surface area contributed by atoms with Gasteiger partial charge in [-0.25, -0.2) is 4.39 Å². The molecule has 28 heavy (non-hydrogen) atoms. The van der Waals surface area contributed by atoms with E-state index in [9.17, 15) is 14.3 Å².